The normalized spacial score (nSPS) is 12.0. The maximum Gasteiger partial charge on any atom is 0.0959 e. The Balaban J connectivity index is 3.19. The minimum atomic E-state index is 0.132. The summed E-state index contributed by atoms with van der Waals surface area (Å²) in [5, 5.41) is 0. The molecule has 0 bridgehead atoms. The van der Waals surface area contributed by atoms with Crippen molar-refractivity contribution in [3.8, 4) is 0 Å². The van der Waals surface area contributed by atoms with Gasteiger partial charge < -0.3 is 0 Å². The average molecular weight is 313 g/mol. The van der Waals surface area contributed by atoms with Gasteiger partial charge in [0.15, 0.2) is 0 Å². The second-order valence-electron chi connectivity index (χ2n) is 6.79. The molecule has 0 saturated heterocycles. The maximum atomic E-state index is 13.6. The number of halogens is 1. The number of unbranched alkanes of at least 4 members (excludes halogenated alkanes) is 14. The van der Waals surface area contributed by atoms with Gasteiger partial charge in [-0.25, -0.2) is 4.39 Å². The van der Waals surface area contributed by atoms with Gasteiger partial charge in [-0.05, 0) is 25.7 Å². The molecule has 0 aromatic heterocycles. The summed E-state index contributed by atoms with van der Waals surface area (Å²) in [6, 6.07) is 0. The van der Waals surface area contributed by atoms with Gasteiger partial charge in [0.25, 0.3) is 0 Å². The zero-order valence-corrected chi connectivity index (χ0v) is 15.5. The molecular weight excluding hydrogens is 271 g/mol. The van der Waals surface area contributed by atoms with Crippen LogP contribution in [0.15, 0.2) is 11.9 Å². The molecule has 0 aliphatic carbocycles. The summed E-state index contributed by atoms with van der Waals surface area (Å²) in [4.78, 5) is 0. The first kappa shape index (κ1) is 21.7. The molecule has 0 saturated carbocycles. The molecule has 0 atom stereocenters. The third-order valence-electron chi connectivity index (χ3n) is 4.44. The minimum absolute atomic E-state index is 0.132. The SMILES string of the molecule is CCCCCCC=C(F)CCCCCCCCCCCCC. The van der Waals surface area contributed by atoms with Crippen LogP contribution in [0.3, 0.4) is 0 Å². The van der Waals surface area contributed by atoms with Crippen LogP contribution in [0.25, 0.3) is 0 Å². The first-order valence-corrected chi connectivity index (χ1v) is 10.2. The second-order valence-corrected chi connectivity index (χ2v) is 6.79. The maximum absolute atomic E-state index is 13.6. The van der Waals surface area contributed by atoms with Gasteiger partial charge >= 0.3 is 0 Å². The highest BCUT2D eigenvalue weighted by atomic mass is 19.1. The van der Waals surface area contributed by atoms with E-state index >= 15 is 0 Å². The molecule has 22 heavy (non-hydrogen) atoms. The summed E-state index contributed by atoms with van der Waals surface area (Å²) in [6.07, 6.45) is 23.0. The van der Waals surface area contributed by atoms with Gasteiger partial charge in [0.2, 0.25) is 0 Å². The van der Waals surface area contributed by atoms with Gasteiger partial charge in [-0.1, -0.05) is 103 Å². The van der Waals surface area contributed by atoms with E-state index in [2.05, 4.69) is 13.8 Å². The van der Waals surface area contributed by atoms with Crippen molar-refractivity contribution in [2.24, 2.45) is 0 Å². The van der Waals surface area contributed by atoms with Gasteiger partial charge in [0, 0.05) is 0 Å². The predicted molar refractivity (Wildman–Crippen MR) is 99.0 cm³/mol. The first-order valence-electron chi connectivity index (χ1n) is 10.2. The van der Waals surface area contributed by atoms with E-state index in [-0.39, 0.29) is 5.83 Å². The lowest BCUT2D eigenvalue weighted by Crippen LogP contribution is -1.83. The third-order valence-corrected chi connectivity index (χ3v) is 4.44. The highest BCUT2D eigenvalue weighted by Crippen LogP contribution is 2.15. The van der Waals surface area contributed by atoms with E-state index < -0.39 is 0 Å². The molecule has 0 unspecified atom stereocenters. The van der Waals surface area contributed by atoms with Crippen LogP contribution in [0.1, 0.15) is 123 Å². The Kier molecular flexibility index (Phi) is 18.4. The number of rotatable bonds is 17. The molecule has 1 heteroatoms. The minimum Gasteiger partial charge on any atom is -0.212 e. The van der Waals surface area contributed by atoms with Crippen molar-refractivity contribution < 1.29 is 4.39 Å². The lowest BCUT2D eigenvalue weighted by molar-refractivity contribution is 0.523. The Labute approximate surface area is 140 Å². The van der Waals surface area contributed by atoms with E-state index in [1.807, 2.05) is 6.08 Å². The summed E-state index contributed by atoms with van der Waals surface area (Å²) >= 11 is 0. The molecule has 0 nitrogen and oxygen atoms in total. The second kappa shape index (κ2) is 18.7. The summed E-state index contributed by atoms with van der Waals surface area (Å²) in [5.74, 6) is 0.132. The summed E-state index contributed by atoms with van der Waals surface area (Å²) < 4.78 is 13.6. The van der Waals surface area contributed by atoms with Crippen LogP contribution in [-0.2, 0) is 0 Å². The molecule has 0 fully saturated rings. The molecule has 0 aromatic carbocycles. The van der Waals surface area contributed by atoms with Gasteiger partial charge in [0.1, 0.15) is 0 Å². The number of hydrogen-bond donors (Lipinski definition) is 0. The predicted octanol–water partition coefficient (Wildman–Crippen LogP) is 8.51. The molecule has 0 radical (unpaired) electrons. The highest BCUT2D eigenvalue weighted by Gasteiger charge is 1.97. The Morgan fingerprint density at radius 2 is 1.00 bits per heavy atom. The smallest absolute Gasteiger partial charge is 0.0959 e. The van der Waals surface area contributed by atoms with E-state index in [1.54, 1.807) is 0 Å². The molecule has 0 amide bonds. The lowest BCUT2D eigenvalue weighted by Gasteiger charge is -2.02. The Bertz CT molecular complexity index is 232. The molecule has 0 aromatic rings. The monoisotopic (exact) mass is 312 g/mol. The molecule has 0 aliphatic heterocycles. The number of allylic oxidation sites excluding steroid dienone is 2. The van der Waals surface area contributed by atoms with E-state index in [0.717, 1.165) is 19.3 Å². The van der Waals surface area contributed by atoms with E-state index in [4.69, 9.17) is 0 Å². The average Bonchev–Trinajstić information content (AvgIpc) is 2.52. The first-order chi connectivity index (χ1) is 10.8. The van der Waals surface area contributed by atoms with E-state index in [0.29, 0.717) is 6.42 Å². The topological polar surface area (TPSA) is 0 Å². The Morgan fingerprint density at radius 3 is 1.50 bits per heavy atom. The Hall–Kier alpha value is -0.330. The molecule has 0 spiro atoms. The van der Waals surface area contributed by atoms with E-state index in [1.165, 1.54) is 83.5 Å². The van der Waals surface area contributed by atoms with Gasteiger partial charge in [-0.15, -0.1) is 0 Å². The molecule has 0 rings (SSSR count). The summed E-state index contributed by atoms with van der Waals surface area (Å²) in [5.41, 5.74) is 0. The van der Waals surface area contributed by atoms with Crippen molar-refractivity contribution in [3.63, 3.8) is 0 Å². The molecule has 0 aliphatic rings. The molecular formula is C21H41F. The van der Waals surface area contributed by atoms with Crippen LogP contribution >= 0.6 is 0 Å². The van der Waals surface area contributed by atoms with Crippen LogP contribution in [0.2, 0.25) is 0 Å². The van der Waals surface area contributed by atoms with Crippen LogP contribution in [0.4, 0.5) is 4.39 Å². The van der Waals surface area contributed by atoms with Crippen molar-refractivity contribution in [1.82, 2.24) is 0 Å². The zero-order valence-electron chi connectivity index (χ0n) is 15.5. The lowest BCUT2D eigenvalue weighted by atomic mass is 10.0. The van der Waals surface area contributed by atoms with Crippen molar-refractivity contribution in [2.75, 3.05) is 0 Å². The van der Waals surface area contributed by atoms with Crippen LogP contribution in [0, 0.1) is 0 Å². The van der Waals surface area contributed by atoms with Crippen molar-refractivity contribution >= 4 is 0 Å². The fourth-order valence-electron chi connectivity index (χ4n) is 2.89. The third kappa shape index (κ3) is 17.7. The highest BCUT2D eigenvalue weighted by molar-refractivity contribution is 4.91. The quantitative estimate of drug-likeness (QED) is 0.236. The molecule has 0 N–H and O–H groups in total. The standard InChI is InChI=1S/C21H41F/c1-3-5-7-9-10-11-12-13-14-16-18-20-21(22)19-17-15-8-6-4-2/h19H,3-18,20H2,1-2H3. The van der Waals surface area contributed by atoms with Crippen LogP contribution < -0.4 is 0 Å². The fourth-order valence-corrected chi connectivity index (χ4v) is 2.89. The van der Waals surface area contributed by atoms with Crippen LogP contribution in [-0.4, -0.2) is 0 Å². The fraction of sp³-hybridized carbons (Fsp3) is 0.905. The van der Waals surface area contributed by atoms with Gasteiger partial charge in [0.05, 0.1) is 5.83 Å². The zero-order chi connectivity index (χ0) is 16.3. The van der Waals surface area contributed by atoms with Gasteiger partial charge in [-0.3, -0.25) is 0 Å². The molecule has 0 heterocycles. The molecule has 132 valence electrons. The summed E-state index contributed by atoms with van der Waals surface area (Å²) in [6.45, 7) is 4.48. The number of hydrogen-bond acceptors (Lipinski definition) is 0. The Morgan fingerprint density at radius 1 is 0.591 bits per heavy atom. The van der Waals surface area contributed by atoms with Crippen molar-refractivity contribution in [2.45, 2.75) is 123 Å². The largest absolute Gasteiger partial charge is 0.212 e. The summed E-state index contributed by atoms with van der Waals surface area (Å²) in [7, 11) is 0. The van der Waals surface area contributed by atoms with Crippen molar-refractivity contribution in [3.05, 3.63) is 11.9 Å². The van der Waals surface area contributed by atoms with Crippen molar-refractivity contribution in [1.29, 1.82) is 0 Å². The van der Waals surface area contributed by atoms with Gasteiger partial charge in [-0.2, -0.15) is 0 Å². The van der Waals surface area contributed by atoms with Crippen LogP contribution in [0.5, 0.6) is 0 Å². The van der Waals surface area contributed by atoms with E-state index in [9.17, 15) is 4.39 Å².